The fourth-order valence-corrected chi connectivity index (χ4v) is 3.36. The van der Waals surface area contributed by atoms with Gasteiger partial charge in [-0.3, -0.25) is 0 Å². The number of nitrogens with one attached hydrogen (secondary N) is 1. The summed E-state index contributed by atoms with van der Waals surface area (Å²) in [6, 6.07) is 6.56. The fraction of sp³-hybridized carbons (Fsp3) is 0.684. The topological polar surface area (TPSA) is 21.3 Å². The molecule has 0 saturated heterocycles. The van der Waals surface area contributed by atoms with Crippen molar-refractivity contribution in [1.29, 1.82) is 0 Å². The van der Waals surface area contributed by atoms with E-state index in [2.05, 4.69) is 51.2 Å². The molecule has 118 valence electrons. The van der Waals surface area contributed by atoms with Crippen molar-refractivity contribution in [1.82, 2.24) is 5.32 Å². The van der Waals surface area contributed by atoms with Crippen LogP contribution in [0.1, 0.15) is 51.2 Å². The van der Waals surface area contributed by atoms with Crippen LogP contribution in [0.25, 0.3) is 0 Å². The number of fused-ring (bicyclic) bond motifs is 1. The van der Waals surface area contributed by atoms with Crippen LogP contribution in [-0.2, 0) is 6.42 Å². The normalized spacial score (nSPS) is 18.6. The maximum atomic E-state index is 6.15. The fourth-order valence-electron chi connectivity index (χ4n) is 3.36. The predicted molar refractivity (Wildman–Crippen MR) is 90.0 cm³/mol. The number of hydrogen-bond donors (Lipinski definition) is 1. The van der Waals surface area contributed by atoms with E-state index in [4.69, 9.17) is 4.74 Å². The van der Waals surface area contributed by atoms with E-state index in [1.165, 1.54) is 30.4 Å². The highest BCUT2D eigenvalue weighted by molar-refractivity contribution is 5.40. The van der Waals surface area contributed by atoms with Gasteiger partial charge in [0.2, 0.25) is 0 Å². The number of hydrogen-bond acceptors (Lipinski definition) is 2. The molecule has 0 bridgehead atoms. The molecule has 1 aromatic carbocycles. The van der Waals surface area contributed by atoms with E-state index < -0.39 is 0 Å². The Hall–Kier alpha value is -1.02. The molecular weight excluding hydrogens is 258 g/mol. The van der Waals surface area contributed by atoms with Gasteiger partial charge in [0.05, 0.1) is 0 Å². The summed E-state index contributed by atoms with van der Waals surface area (Å²) in [7, 11) is 0. The van der Waals surface area contributed by atoms with Crippen LogP contribution in [0.4, 0.5) is 0 Å². The zero-order valence-electron chi connectivity index (χ0n) is 14.1. The summed E-state index contributed by atoms with van der Waals surface area (Å²) in [5.74, 6) is 2.58. The maximum absolute atomic E-state index is 6.15. The minimum Gasteiger partial charge on any atom is -0.490 e. The van der Waals surface area contributed by atoms with Crippen molar-refractivity contribution in [3.05, 3.63) is 29.3 Å². The van der Waals surface area contributed by atoms with Crippen molar-refractivity contribution < 1.29 is 4.74 Å². The number of aryl methyl sites for hydroxylation is 1. The highest BCUT2D eigenvalue weighted by atomic mass is 16.5. The lowest BCUT2D eigenvalue weighted by atomic mass is 9.90. The zero-order valence-corrected chi connectivity index (χ0v) is 14.1. The van der Waals surface area contributed by atoms with Crippen LogP contribution in [0.5, 0.6) is 5.75 Å². The second kappa shape index (κ2) is 7.84. The summed E-state index contributed by atoms with van der Waals surface area (Å²) in [6.45, 7) is 11.3. The van der Waals surface area contributed by atoms with Gasteiger partial charge in [0.1, 0.15) is 11.9 Å². The molecule has 2 nitrogen and oxygen atoms in total. The van der Waals surface area contributed by atoms with Crippen LogP contribution in [0, 0.1) is 18.8 Å². The third-order valence-corrected chi connectivity index (χ3v) is 4.22. The van der Waals surface area contributed by atoms with E-state index in [9.17, 15) is 0 Å². The summed E-state index contributed by atoms with van der Waals surface area (Å²) in [4.78, 5) is 0. The Morgan fingerprint density at radius 3 is 2.86 bits per heavy atom. The van der Waals surface area contributed by atoms with Crippen molar-refractivity contribution in [2.24, 2.45) is 11.8 Å². The SMILES string of the molecule is CCCNCC(CC(C)C)CC1Cc2cc(C)ccc2O1. The van der Waals surface area contributed by atoms with Crippen LogP contribution < -0.4 is 10.1 Å². The molecule has 1 aromatic rings. The largest absolute Gasteiger partial charge is 0.490 e. The molecule has 0 saturated carbocycles. The molecule has 1 aliphatic heterocycles. The Balaban J connectivity index is 1.89. The summed E-state index contributed by atoms with van der Waals surface area (Å²) in [5.41, 5.74) is 2.73. The van der Waals surface area contributed by atoms with Gasteiger partial charge >= 0.3 is 0 Å². The molecule has 0 aliphatic carbocycles. The molecule has 2 atom stereocenters. The van der Waals surface area contributed by atoms with Crippen molar-refractivity contribution in [3.63, 3.8) is 0 Å². The molecule has 0 amide bonds. The first kappa shape index (κ1) is 16.4. The van der Waals surface area contributed by atoms with E-state index in [0.717, 1.165) is 37.1 Å². The van der Waals surface area contributed by atoms with Gasteiger partial charge in [-0.05, 0) is 62.7 Å². The van der Waals surface area contributed by atoms with Crippen LogP contribution in [0.3, 0.4) is 0 Å². The van der Waals surface area contributed by atoms with Gasteiger partial charge in [-0.15, -0.1) is 0 Å². The molecule has 0 spiro atoms. The van der Waals surface area contributed by atoms with Crippen LogP contribution >= 0.6 is 0 Å². The number of rotatable bonds is 8. The summed E-state index contributed by atoms with van der Waals surface area (Å²) >= 11 is 0. The molecule has 0 fully saturated rings. The number of benzene rings is 1. The Morgan fingerprint density at radius 1 is 1.33 bits per heavy atom. The van der Waals surface area contributed by atoms with E-state index >= 15 is 0 Å². The Bertz CT molecular complexity index is 441. The summed E-state index contributed by atoms with van der Waals surface area (Å²) < 4.78 is 6.15. The average molecular weight is 289 g/mol. The van der Waals surface area contributed by atoms with E-state index in [1.54, 1.807) is 0 Å². The molecule has 2 rings (SSSR count). The van der Waals surface area contributed by atoms with Gasteiger partial charge in [-0.1, -0.05) is 38.5 Å². The van der Waals surface area contributed by atoms with Crippen molar-refractivity contribution >= 4 is 0 Å². The first-order chi connectivity index (χ1) is 10.1. The quantitative estimate of drug-likeness (QED) is 0.718. The van der Waals surface area contributed by atoms with Gasteiger partial charge < -0.3 is 10.1 Å². The van der Waals surface area contributed by atoms with E-state index in [0.29, 0.717) is 6.10 Å². The predicted octanol–water partition coefficient (Wildman–Crippen LogP) is 4.35. The van der Waals surface area contributed by atoms with Crippen molar-refractivity contribution in [2.75, 3.05) is 13.1 Å². The van der Waals surface area contributed by atoms with Crippen molar-refractivity contribution in [3.8, 4) is 5.75 Å². The lowest BCUT2D eigenvalue weighted by Gasteiger charge is -2.22. The van der Waals surface area contributed by atoms with Gasteiger partial charge in [0.25, 0.3) is 0 Å². The first-order valence-corrected chi connectivity index (χ1v) is 8.55. The smallest absolute Gasteiger partial charge is 0.123 e. The zero-order chi connectivity index (χ0) is 15.2. The van der Waals surface area contributed by atoms with Crippen LogP contribution in [-0.4, -0.2) is 19.2 Å². The molecular formula is C19H31NO. The number of ether oxygens (including phenoxy) is 1. The third kappa shape index (κ3) is 5.03. The minimum atomic E-state index is 0.369. The maximum Gasteiger partial charge on any atom is 0.123 e. The van der Waals surface area contributed by atoms with Crippen LogP contribution in [0.2, 0.25) is 0 Å². The summed E-state index contributed by atoms with van der Waals surface area (Å²) in [5, 5.41) is 3.59. The Labute approximate surface area is 130 Å². The van der Waals surface area contributed by atoms with Gasteiger partial charge in [0.15, 0.2) is 0 Å². The lowest BCUT2D eigenvalue weighted by Crippen LogP contribution is -2.29. The molecule has 1 N–H and O–H groups in total. The van der Waals surface area contributed by atoms with E-state index in [1.807, 2.05) is 0 Å². The average Bonchev–Trinajstić information content (AvgIpc) is 2.79. The van der Waals surface area contributed by atoms with Gasteiger partial charge in [0, 0.05) is 6.42 Å². The molecule has 21 heavy (non-hydrogen) atoms. The first-order valence-electron chi connectivity index (χ1n) is 8.55. The summed E-state index contributed by atoms with van der Waals surface area (Å²) in [6.07, 6.45) is 5.11. The molecule has 1 heterocycles. The molecule has 1 aliphatic rings. The Kier molecular flexibility index (Phi) is 6.10. The Morgan fingerprint density at radius 2 is 2.14 bits per heavy atom. The van der Waals surface area contributed by atoms with Crippen LogP contribution in [0.15, 0.2) is 18.2 Å². The van der Waals surface area contributed by atoms with Gasteiger partial charge in [-0.2, -0.15) is 0 Å². The third-order valence-electron chi connectivity index (χ3n) is 4.22. The molecule has 0 radical (unpaired) electrons. The van der Waals surface area contributed by atoms with Crippen molar-refractivity contribution in [2.45, 2.75) is 59.5 Å². The molecule has 0 aromatic heterocycles. The standard InChI is InChI=1S/C19H31NO/c1-5-8-20-13-16(9-14(2)3)11-18-12-17-10-15(4)6-7-19(17)21-18/h6-7,10,14,16,18,20H,5,8-9,11-13H2,1-4H3. The molecule has 2 heteroatoms. The van der Waals surface area contributed by atoms with Gasteiger partial charge in [-0.25, -0.2) is 0 Å². The van der Waals surface area contributed by atoms with E-state index in [-0.39, 0.29) is 0 Å². The monoisotopic (exact) mass is 289 g/mol. The lowest BCUT2D eigenvalue weighted by molar-refractivity contribution is 0.182. The minimum absolute atomic E-state index is 0.369. The highest BCUT2D eigenvalue weighted by Crippen LogP contribution is 2.32. The molecule has 2 unspecified atom stereocenters. The second-order valence-electron chi connectivity index (χ2n) is 6.99. The highest BCUT2D eigenvalue weighted by Gasteiger charge is 2.26. The second-order valence-corrected chi connectivity index (χ2v) is 6.99.